The molecule has 3 nitrogen and oxygen atoms in total. The van der Waals surface area contributed by atoms with Crippen molar-refractivity contribution in [3.05, 3.63) is 0 Å². The molecular formula is C13H24N2O. The van der Waals surface area contributed by atoms with Gasteiger partial charge in [0.05, 0.1) is 12.5 Å². The molecule has 0 saturated heterocycles. The van der Waals surface area contributed by atoms with Crippen LogP contribution in [0.15, 0.2) is 0 Å². The topological polar surface area (TPSA) is 56.0 Å². The molecule has 1 fully saturated rings. The van der Waals surface area contributed by atoms with Crippen LogP contribution in [-0.4, -0.2) is 24.3 Å². The van der Waals surface area contributed by atoms with Gasteiger partial charge >= 0.3 is 0 Å². The molecule has 0 heterocycles. The highest BCUT2D eigenvalue weighted by atomic mass is 16.3. The first-order chi connectivity index (χ1) is 7.76. The van der Waals surface area contributed by atoms with Gasteiger partial charge in [-0.1, -0.05) is 26.2 Å². The van der Waals surface area contributed by atoms with Crippen LogP contribution in [0.2, 0.25) is 0 Å². The monoisotopic (exact) mass is 224 g/mol. The third kappa shape index (κ3) is 3.77. The first-order valence-electron chi connectivity index (χ1n) is 6.47. The van der Waals surface area contributed by atoms with E-state index in [1.54, 1.807) is 0 Å². The van der Waals surface area contributed by atoms with E-state index in [4.69, 9.17) is 5.26 Å². The van der Waals surface area contributed by atoms with E-state index >= 15 is 0 Å². The van der Waals surface area contributed by atoms with Crippen LogP contribution >= 0.6 is 0 Å². The van der Waals surface area contributed by atoms with Crippen LogP contribution in [0.3, 0.4) is 0 Å². The Morgan fingerprint density at radius 1 is 1.38 bits per heavy atom. The molecule has 1 saturated carbocycles. The smallest absolute Gasteiger partial charge is 0.0638 e. The summed E-state index contributed by atoms with van der Waals surface area (Å²) in [7, 11) is 0. The van der Waals surface area contributed by atoms with E-state index in [1.807, 2.05) is 0 Å². The average Bonchev–Trinajstić information content (AvgIpc) is 2.35. The summed E-state index contributed by atoms with van der Waals surface area (Å²) in [5.41, 5.74) is 0.0845. The zero-order valence-electron chi connectivity index (χ0n) is 10.3. The molecule has 16 heavy (non-hydrogen) atoms. The second kappa shape index (κ2) is 6.88. The van der Waals surface area contributed by atoms with E-state index in [0.717, 1.165) is 25.8 Å². The second-order valence-corrected chi connectivity index (χ2v) is 5.07. The number of rotatable bonds is 6. The quantitative estimate of drug-likeness (QED) is 0.727. The standard InChI is InChI=1S/C13H24N2O/c1-2-12(6-9-14)15-10-13(11-16)7-4-3-5-8-13/h12,15-16H,2-8,10-11H2,1H3. The third-order valence-electron chi connectivity index (χ3n) is 3.85. The van der Waals surface area contributed by atoms with Crippen LogP contribution in [0.25, 0.3) is 0 Å². The number of nitrogens with one attached hydrogen (secondary N) is 1. The van der Waals surface area contributed by atoms with Crippen molar-refractivity contribution in [3.63, 3.8) is 0 Å². The Morgan fingerprint density at radius 2 is 2.06 bits per heavy atom. The van der Waals surface area contributed by atoms with Crippen molar-refractivity contribution < 1.29 is 5.11 Å². The van der Waals surface area contributed by atoms with Crippen LogP contribution in [0.4, 0.5) is 0 Å². The highest BCUT2D eigenvalue weighted by Crippen LogP contribution is 2.35. The van der Waals surface area contributed by atoms with E-state index in [-0.39, 0.29) is 18.1 Å². The summed E-state index contributed by atoms with van der Waals surface area (Å²) >= 11 is 0. The molecule has 0 bridgehead atoms. The maximum Gasteiger partial charge on any atom is 0.0638 e. The molecule has 1 rings (SSSR count). The number of hydrogen-bond donors (Lipinski definition) is 2. The summed E-state index contributed by atoms with van der Waals surface area (Å²) in [6, 6.07) is 2.50. The van der Waals surface area contributed by atoms with Gasteiger partial charge in [0.2, 0.25) is 0 Å². The van der Waals surface area contributed by atoms with Crippen LogP contribution in [0.5, 0.6) is 0 Å². The Bertz CT molecular complexity index is 229. The normalized spacial score (nSPS) is 21.3. The zero-order valence-corrected chi connectivity index (χ0v) is 10.3. The first-order valence-corrected chi connectivity index (χ1v) is 6.47. The van der Waals surface area contributed by atoms with Gasteiger partial charge in [0.25, 0.3) is 0 Å². The van der Waals surface area contributed by atoms with Gasteiger partial charge in [0, 0.05) is 24.6 Å². The van der Waals surface area contributed by atoms with E-state index in [9.17, 15) is 5.11 Å². The highest BCUT2D eigenvalue weighted by Gasteiger charge is 2.31. The van der Waals surface area contributed by atoms with Crippen molar-refractivity contribution in [1.82, 2.24) is 5.32 Å². The van der Waals surface area contributed by atoms with Crippen LogP contribution < -0.4 is 5.32 Å². The maximum atomic E-state index is 9.55. The van der Waals surface area contributed by atoms with Crippen LogP contribution in [0.1, 0.15) is 51.9 Å². The van der Waals surface area contributed by atoms with Crippen molar-refractivity contribution in [2.24, 2.45) is 5.41 Å². The summed E-state index contributed by atoms with van der Waals surface area (Å²) in [5.74, 6) is 0. The molecule has 3 heteroatoms. The summed E-state index contributed by atoms with van der Waals surface area (Å²) in [4.78, 5) is 0. The fourth-order valence-corrected chi connectivity index (χ4v) is 2.52. The number of nitriles is 1. The van der Waals surface area contributed by atoms with Gasteiger partial charge in [0.15, 0.2) is 0 Å². The van der Waals surface area contributed by atoms with Gasteiger partial charge in [-0.3, -0.25) is 0 Å². The fourth-order valence-electron chi connectivity index (χ4n) is 2.52. The molecule has 0 aliphatic heterocycles. The van der Waals surface area contributed by atoms with Gasteiger partial charge in [-0.2, -0.15) is 5.26 Å². The number of nitrogens with zero attached hydrogens (tertiary/aromatic N) is 1. The Labute approximate surface area is 98.8 Å². The van der Waals surface area contributed by atoms with E-state index in [0.29, 0.717) is 6.42 Å². The van der Waals surface area contributed by atoms with E-state index < -0.39 is 0 Å². The van der Waals surface area contributed by atoms with Crippen LogP contribution in [0, 0.1) is 16.7 Å². The van der Waals surface area contributed by atoms with Gasteiger partial charge in [-0.25, -0.2) is 0 Å². The molecule has 1 unspecified atom stereocenters. The third-order valence-corrected chi connectivity index (χ3v) is 3.85. The van der Waals surface area contributed by atoms with E-state index in [1.165, 1.54) is 19.3 Å². The Hall–Kier alpha value is -0.590. The molecule has 0 radical (unpaired) electrons. The first kappa shape index (κ1) is 13.5. The molecule has 0 aromatic heterocycles. The molecule has 0 aromatic rings. The summed E-state index contributed by atoms with van der Waals surface area (Å²) in [6.07, 6.45) is 7.57. The summed E-state index contributed by atoms with van der Waals surface area (Å²) in [5, 5.41) is 21.7. The SMILES string of the molecule is CCC(CC#N)NCC1(CO)CCCCC1. The minimum atomic E-state index is 0.0845. The van der Waals surface area contributed by atoms with Gasteiger partial charge < -0.3 is 10.4 Å². The molecule has 0 aromatic carbocycles. The summed E-state index contributed by atoms with van der Waals surface area (Å²) in [6.45, 7) is 3.24. The predicted octanol–water partition coefficient (Wildman–Crippen LogP) is 2.21. The maximum absolute atomic E-state index is 9.55. The minimum absolute atomic E-state index is 0.0845. The average molecular weight is 224 g/mol. The van der Waals surface area contributed by atoms with Gasteiger partial charge in [0.1, 0.15) is 0 Å². The lowest BCUT2D eigenvalue weighted by molar-refractivity contribution is 0.0782. The molecule has 1 aliphatic rings. The lowest BCUT2D eigenvalue weighted by atomic mass is 9.74. The predicted molar refractivity (Wildman–Crippen MR) is 64.9 cm³/mol. The minimum Gasteiger partial charge on any atom is -0.396 e. The highest BCUT2D eigenvalue weighted by molar-refractivity contribution is 4.87. The number of aliphatic hydroxyl groups is 1. The number of hydrogen-bond acceptors (Lipinski definition) is 3. The van der Waals surface area contributed by atoms with Crippen molar-refractivity contribution in [1.29, 1.82) is 5.26 Å². The fraction of sp³-hybridized carbons (Fsp3) is 0.923. The molecule has 2 N–H and O–H groups in total. The Balaban J connectivity index is 2.40. The van der Waals surface area contributed by atoms with Crippen molar-refractivity contribution >= 4 is 0 Å². The van der Waals surface area contributed by atoms with Gasteiger partial charge in [-0.15, -0.1) is 0 Å². The van der Waals surface area contributed by atoms with E-state index in [2.05, 4.69) is 18.3 Å². The number of aliphatic hydroxyl groups excluding tert-OH is 1. The van der Waals surface area contributed by atoms with Crippen LogP contribution in [-0.2, 0) is 0 Å². The van der Waals surface area contributed by atoms with Crippen molar-refractivity contribution in [2.45, 2.75) is 57.9 Å². The lowest BCUT2D eigenvalue weighted by Crippen LogP contribution is -2.42. The largest absolute Gasteiger partial charge is 0.396 e. The zero-order chi connectivity index (χ0) is 11.9. The molecule has 0 spiro atoms. The lowest BCUT2D eigenvalue weighted by Gasteiger charge is -2.36. The summed E-state index contributed by atoms with van der Waals surface area (Å²) < 4.78 is 0. The van der Waals surface area contributed by atoms with Crippen molar-refractivity contribution in [2.75, 3.05) is 13.2 Å². The van der Waals surface area contributed by atoms with Gasteiger partial charge in [-0.05, 0) is 19.3 Å². The van der Waals surface area contributed by atoms with Crippen molar-refractivity contribution in [3.8, 4) is 6.07 Å². The second-order valence-electron chi connectivity index (χ2n) is 5.07. The molecule has 92 valence electrons. The molecule has 1 atom stereocenters. The Kier molecular flexibility index (Phi) is 5.79. The molecular weight excluding hydrogens is 200 g/mol. The molecule has 1 aliphatic carbocycles. The molecule has 0 amide bonds. The Morgan fingerprint density at radius 3 is 2.56 bits per heavy atom.